The number of carbonyl (C=O) groups excluding carboxylic acids is 1. The molecule has 0 fully saturated rings. The van der Waals surface area contributed by atoms with E-state index in [0.29, 0.717) is 0 Å². The van der Waals surface area contributed by atoms with E-state index >= 15 is 0 Å². The van der Waals surface area contributed by atoms with E-state index in [1.807, 2.05) is 12.4 Å². The second-order valence-electron chi connectivity index (χ2n) is 4.11. The highest BCUT2D eigenvalue weighted by Crippen LogP contribution is 2.28. The predicted molar refractivity (Wildman–Crippen MR) is 74.5 cm³/mol. The van der Waals surface area contributed by atoms with Crippen molar-refractivity contribution in [1.82, 2.24) is 10.3 Å². The van der Waals surface area contributed by atoms with Gasteiger partial charge in [0.25, 0.3) is 0 Å². The lowest BCUT2D eigenvalue weighted by Gasteiger charge is -2.11. The third-order valence-corrected chi connectivity index (χ3v) is 3.88. The van der Waals surface area contributed by atoms with Gasteiger partial charge in [-0.1, -0.05) is 31.2 Å². The molecule has 3 nitrogen and oxygen atoms in total. The van der Waals surface area contributed by atoms with Crippen LogP contribution in [0.2, 0.25) is 0 Å². The first-order chi connectivity index (χ1) is 8.76. The average molecular weight is 260 g/mol. The molecule has 0 spiro atoms. The molecular weight excluding hydrogens is 244 g/mol. The molecule has 1 unspecified atom stereocenters. The lowest BCUT2D eigenvalue weighted by molar-refractivity contribution is -0.110. The van der Waals surface area contributed by atoms with Crippen molar-refractivity contribution in [3.8, 4) is 10.4 Å². The van der Waals surface area contributed by atoms with Crippen LogP contribution in [0, 0.1) is 0 Å². The van der Waals surface area contributed by atoms with Gasteiger partial charge >= 0.3 is 0 Å². The zero-order valence-electron chi connectivity index (χ0n) is 10.5. The van der Waals surface area contributed by atoms with Crippen LogP contribution in [0.4, 0.5) is 0 Å². The molecule has 0 aliphatic rings. The largest absolute Gasteiger partial charge is 0.352 e. The lowest BCUT2D eigenvalue weighted by Crippen LogP contribution is -2.15. The molecule has 0 aliphatic carbocycles. The van der Waals surface area contributed by atoms with Gasteiger partial charge in [-0.2, -0.15) is 0 Å². The van der Waals surface area contributed by atoms with Crippen molar-refractivity contribution >= 4 is 17.7 Å². The summed E-state index contributed by atoms with van der Waals surface area (Å²) >= 11 is 1.67. The Balaban J connectivity index is 2.25. The number of nitrogens with one attached hydrogen (secondary N) is 1. The molecule has 0 radical (unpaired) electrons. The summed E-state index contributed by atoms with van der Waals surface area (Å²) in [5, 5.41) is 2.75. The van der Waals surface area contributed by atoms with E-state index in [9.17, 15) is 4.79 Å². The molecule has 1 heterocycles. The minimum Gasteiger partial charge on any atom is -0.352 e. The Kier molecular flexibility index (Phi) is 4.10. The van der Waals surface area contributed by atoms with Gasteiger partial charge in [0.15, 0.2) is 0 Å². The summed E-state index contributed by atoms with van der Waals surface area (Å²) in [5.41, 5.74) is 5.33. The zero-order chi connectivity index (χ0) is 13.0. The molecule has 94 valence electrons. The zero-order valence-corrected chi connectivity index (χ0v) is 11.3. The molecule has 0 aliphatic heterocycles. The van der Waals surface area contributed by atoms with Crippen LogP contribution in [-0.2, 0) is 11.2 Å². The van der Waals surface area contributed by atoms with E-state index in [4.69, 9.17) is 0 Å². The molecular formula is C14H16N2OS. The van der Waals surface area contributed by atoms with Crippen molar-refractivity contribution in [2.24, 2.45) is 0 Å². The van der Waals surface area contributed by atoms with Gasteiger partial charge in [-0.3, -0.25) is 4.79 Å². The molecule has 1 amide bonds. The molecule has 1 N–H and O–H groups in total. The Morgan fingerprint density at radius 2 is 2.11 bits per heavy atom. The summed E-state index contributed by atoms with van der Waals surface area (Å²) in [6.07, 6.45) is 1.68. The van der Waals surface area contributed by atoms with Crippen LogP contribution >= 0.6 is 11.3 Å². The first-order valence-electron chi connectivity index (χ1n) is 5.98. The second kappa shape index (κ2) is 5.78. The minimum atomic E-state index is 0.0451. The molecule has 1 atom stereocenters. The van der Waals surface area contributed by atoms with Crippen molar-refractivity contribution in [2.45, 2.75) is 26.3 Å². The van der Waals surface area contributed by atoms with E-state index < -0.39 is 0 Å². The fourth-order valence-corrected chi connectivity index (χ4v) is 2.77. The fraction of sp³-hybridized carbons (Fsp3) is 0.286. The van der Waals surface area contributed by atoms with Crippen molar-refractivity contribution in [3.05, 3.63) is 41.0 Å². The van der Waals surface area contributed by atoms with Crippen LogP contribution in [0.5, 0.6) is 0 Å². The summed E-state index contributed by atoms with van der Waals surface area (Å²) in [5.74, 6) is 0. The predicted octanol–water partition coefficient (Wildman–Crippen LogP) is 3.18. The molecule has 1 aromatic heterocycles. The molecule has 0 saturated carbocycles. The molecule has 1 aromatic carbocycles. The maximum Gasteiger partial charge on any atom is 0.207 e. The number of carbonyl (C=O) groups is 1. The van der Waals surface area contributed by atoms with Crippen LogP contribution in [0.25, 0.3) is 10.4 Å². The number of amides is 1. The molecule has 0 saturated heterocycles. The summed E-state index contributed by atoms with van der Waals surface area (Å²) in [6.45, 7) is 4.08. The summed E-state index contributed by atoms with van der Waals surface area (Å²) in [4.78, 5) is 16.0. The standard InChI is InChI=1S/C14H16N2OS/c1-3-13-14(18-9-16-13)12-6-4-11(5-7-12)10(2)15-8-17/h4-10H,3H2,1-2H3,(H,15,17). The van der Waals surface area contributed by atoms with Crippen LogP contribution < -0.4 is 5.32 Å². The Morgan fingerprint density at radius 1 is 1.39 bits per heavy atom. The Labute approximate surface area is 111 Å². The van der Waals surface area contributed by atoms with Crippen molar-refractivity contribution < 1.29 is 4.79 Å². The van der Waals surface area contributed by atoms with Gasteiger partial charge in [0.1, 0.15) is 0 Å². The number of aryl methyl sites for hydroxylation is 1. The number of hydrogen-bond acceptors (Lipinski definition) is 3. The van der Waals surface area contributed by atoms with Gasteiger partial charge < -0.3 is 5.32 Å². The van der Waals surface area contributed by atoms with Crippen molar-refractivity contribution in [1.29, 1.82) is 0 Å². The normalized spacial score (nSPS) is 12.1. The highest BCUT2D eigenvalue weighted by molar-refractivity contribution is 7.13. The van der Waals surface area contributed by atoms with Gasteiger partial charge in [0.05, 0.1) is 22.1 Å². The van der Waals surface area contributed by atoms with Crippen molar-refractivity contribution in [3.63, 3.8) is 0 Å². The molecule has 0 bridgehead atoms. The van der Waals surface area contributed by atoms with Crippen LogP contribution in [-0.4, -0.2) is 11.4 Å². The minimum absolute atomic E-state index is 0.0451. The first-order valence-corrected chi connectivity index (χ1v) is 6.86. The van der Waals surface area contributed by atoms with Crippen molar-refractivity contribution in [2.75, 3.05) is 0 Å². The maximum absolute atomic E-state index is 10.4. The smallest absolute Gasteiger partial charge is 0.207 e. The van der Waals surface area contributed by atoms with Gasteiger partial charge in [0, 0.05) is 0 Å². The quantitative estimate of drug-likeness (QED) is 0.839. The van der Waals surface area contributed by atoms with E-state index in [0.717, 1.165) is 24.1 Å². The van der Waals surface area contributed by atoms with Crippen LogP contribution in [0.3, 0.4) is 0 Å². The summed E-state index contributed by atoms with van der Waals surface area (Å²) in [7, 11) is 0. The SMILES string of the molecule is CCc1ncsc1-c1ccc(C(C)NC=O)cc1. The Bertz CT molecular complexity index is 519. The summed E-state index contributed by atoms with van der Waals surface area (Å²) in [6, 6.07) is 8.32. The van der Waals surface area contributed by atoms with E-state index in [-0.39, 0.29) is 6.04 Å². The summed E-state index contributed by atoms with van der Waals surface area (Å²) < 4.78 is 0. The Hall–Kier alpha value is -1.68. The third kappa shape index (κ3) is 2.59. The lowest BCUT2D eigenvalue weighted by atomic mass is 10.0. The van der Waals surface area contributed by atoms with Gasteiger partial charge in [0.2, 0.25) is 6.41 Å². The fourth-order valence-electron chi connectivity index (χ4n) is 1.88. The number of rotatable bonds is 5. The van der Waals surface area contributed by atoms with E-state index in [1.165, 1.54) is 10.4 Å². The number of thiazole rings is 1. The topological polar surface area (TPSA) is 42.0 Å². The highest BCUT2D eigenvalue weighted by atomic mass is 32.1. The third-order valence-electron chi connectivity index (χ3n) is 2.97. The number of aromatic nitrogens is 1. The monoisotopic (exact) mass is 260 g/mol. The molecule has 18 heavy (non-hydrogen) atoms. The number of benzene rings is 1. The van der Waals surface area contributed by atoms with E-state index in [1.54, 1.807) is 11.3 Å². The number of hydrogen-bond donors (Lipinski definition) is 1. The van der Waals surface area contributed by atoms with E-state index in [2.05, 4.69) is 41.5 Å². The Morgan fingerprint density at radius 3 is 2.72 bits per heavy atom. The second-order valence-corrected chi connectivity index (χ2v) is 4.96. The number of nitrogens with zero attached hydrogens (tertiary/aromatic N) is 1. The van der Waals surface area contributed by atoms with Gasteiger partial charge in [-0.05, 0) is 24.5 Å². The average Bonchev–Trinajstić information content (AvgIpc) is 2.87. The molecule has 2 rings (SSSR count). The van der Waals surface area contributed by atoms with Gasteiger partial charge in [-0.15, -0.1) is 11.3 Å². The highest BCUT2D eigenvalue weighted by Gasteiger charge is 2.08. The van der Waals surface area contributed by atoms with Crippen LogP contribution in [0.15, 0.2) is 29.8 Å². The first kappa shape index (κ1) is 12.8. The van der Waals surface area contributed by atoms with Crippen LogP contribution in [0.1, 0.15) is 31.1 Å². The van der Waals surface area contributed by atoms with Gasteiger partial charge in [-0.25, -0.2) is 4.98 Å². The molecule has 2 aromatic rings. The molecule has 4 heteroatoms. The maximum atomic E-state index is 10.4.